The summed E-state index contributed by atoms with van der Waals surface area (Å²) < 4.78 is 27.2. The molecule has 1 aliphatic rings. The maximum Gasteiger partial charge on any atom is 0.285 e. The van der Waals surface area contributed by atoms with Crippen molar-refractivity contribution in [1.82, 2.24) is 4.90 Å². The van der Waals surface area contributed by atoms with E-state index in [0.717, 1.165) is 5.56 Å². The van der Waals surface area contributed by atoms with Gasteiger partial charge in [0.2, 0.25) is 0 Å². The van der Waals surface area contributed by atoms with Crippen molar-refractivity contribution in [3.05, 3.63) is 35.4 Å². The molecule has 1 heterocycles. The topological polar surface area (TPSA) is 3.24 Å². The van der Waals surface area contributed by atoms with Crippen molar-refractivity contribution in [3.8, 4) is 0 Å². The van der Waals surface area contributed by atoms with E-state index in [-0.39, 0.29) is 12.1 Å². The zero-order valence-electron chi connectivity index (χ0n) is 8.13. The first-order valence-corrected chi connectivity index (χ1v) is 4.82. The maximum absolute atomic E-state index is 13.6. The van der Waals surface area contributed by atoms with Gasteiger partial charge in [0.05, 0.1) is 6.54 Å². The highest BCUT2D eigenvalue weighted by molar-refractivity contribution is 5.33. The first-order chi connectivity index (χ1) is 6.63. The van der Waals surface area contributed by atoms with Crippen LogP contribution in [0.2, 0.25) is 0 Å². The molecule has 0 N–H and O–H groups in total. The highest BCUT2D eigenvalue weighted by Crippen LogP contribution is 2.35. The van der Waals surface area contributed by atoms with Gasteiger partial charge in [0.15, 0.2) is 0 Å². The number of hydrogen-bond donors (Lipinski definition) is 0. The van der Waals surface area contributed by atoms with Crippen LogP contribution in [0.5, 0.6) is 0 Å². The zero-order valence-corrected chi connectivity index (χ0v) is 8.13. The summed E-state index contributed by atoms with van der Waals surface area (Å²) in [5.41, 5.74) is 0.954. The molecule has 14 heavy (non-hydrogen) atoms. The quantitative estimate of drug-likeness (QED) is 0.669. The molecule has 1 aromatic rings. The average Bonchev–Trinajstić information content (AvgIpc) is 2.17. The molecule has 0 aromatic heterocycles. The van der Waals surface area contributed by atoms with Crippen LogP contribution in [-0.4, -0.2) is 18.0 Å². The monoisotopic (exact) mass is 197 g/mol. The van der Waals surface area contributed by atoms with Crippen LogP contribution in [0.25, 0.3) is 0 Å². The molecule has 0 aliphatic carbocycles. The van der Waals surface area contributed by atoms with Crippen molar-refractivity contribution in [2.45, 2.75) is 19.4 Å². The lowest BCUT2D eigenvalue weighted by molar-refractivity contribution is -0.0509. The highest BCUT2D eigenvalue weighted by atomic mass is 19.3. The Balaban J connectivity index is 2.41. The Labute approximate surface area is 82.3 Å². The predicted octanol–water partition coefficient (Wildman–Crippen LogP) is 2.61. The predicted molar refractivity (Wildman–Crippen MR) is 51.3 cm³/mol. The SMILES string of the molecule is CCN1Cc2ccccc2C(F)(F)C1. The molecular formula is C11H13F2N. The molecule has 0 fully saturated rings. The summed E-state index contributed by atoms with van der Waals surface area (Å²) in [6.07, 6.45) is 0. The Bertz CT molecular complexity index is 336. The van der Waals surface area contributed by atoms with Crippen LogP contribution in [0, 0.1) is 0 Å². The molecule has 0 saturated heterocycles. The van der Waals surface area contributed by atoms with Crippen LogP contribution in [0.4, 0.5) is 8.78 Å². The van der Waals surface area contributed by atoms with Gasteiger partial charge in [-0.25, -0.2) is 0 Å². The second-order valence-corrected chi connectivity index (χ2v) is 3.66. The number of fused-ring (bicyclic) bond motifs is 1. The Morgan fingerprint density at radius 2 is 2.07 bits per heavy atom. The Kier molecular flexibility index (Phi) is 2.27. The van der Waals surface area contributed by atoms with Gasteiger partial charge in [-0.2, -0.15) is 8.78 Å². The van der Waals surface area contributed by atoms with Crippen LogP contribution in [0.15, 0.2) is 24.3 Å². The lowest BCUT2D eigenvalue weighted by Crippen LogP contribution is -2.40. The molecule has 0 bridgehead atoms. The van der Waals surface area contributed by atoms with E-state index in [1.54, 1.807) is 17.0 Å². The smallest absolute Gasteiger partial charge is 0.285 e. The van der Waals surface area contributed by atoms with E-state index in [2.05, 4.69) is 0 Å². The fourth-order valence-electron chi connectivity index (χ4n) is 1.90. The van der Waals surface area contributed by atoms with Gasteiger partial charge in [-0.3, -0.25) is 4.90 Å². The normalized spacial score (nSPS) is 20.5. The van der Waals surface area contributed by atoms with E-state index < -0.39 is 5.92 Å². The molecule has 1 aromatic carbocycles. The van der Waals surface area contributed by atoms with Gasteiger partial charge < -0.3 is 0 Å². The van der Waals surface area contributed by atoms with Crippen molar-refractivity contribution in [1.29, 1.82) is 0 Å². The lowest BCUT2D eigenvalue weighted by Gasteiger charge is -2.33. The molecule has 76 valence electrons. The van der Waals surface area contributed by atoms with Crippen molar-refractivity contribution in [2.24, 2.45) is 0 Å². The largest absolute Gasteiger partial charge is 0.293 e. The first kappa shape index (κ1) is 9.59. The second-order valence-electron chi connectivity index (χ2n) is 3.66. The van der Waals surface area contributed by atoms with Crippen LogP contribution in [0.1, 0.15) is 18.1 Å². The molecular weight excluding hydrogens is 184 g/mol. The summed E-state index contributed by atoms with van der Waals surface area (Å²) in [6, 6.07) is 6.80. The molecule has 1 nitrogen and oxygen atoms in total. The number of hydrogen-bond acceptors (Lipinski definition) is 1. The Hall–Kier alpha value is -0.960. The third kappa shape index (κ3) is 1.52. The molecule has 2 rings (SSSR count). The van der Waals surface area contributed by atoms with Gasteiger partial charge in [-0.1, -0.05) is 31.2 Å². The fraction of sp³-hybridized carbons (Fsp3) is 0.455. The molecule has 3 heteroatoms. The molecule has 0 saturated carbocycles. The van der Waals surface area contributed by atoms with Gasteiger partial charge in [0.25, 0.3) is 5.92 Å². The first-order valence-electron chi connectivity index (χ1n) is 4.82. The number of rotatable bonds is 1. The molecule has 0 radical (unpaired) electrons. The maximum atomic E-state index is 13.6. The van der Waals surface area contributed by atoms with E-state index in [9.17, 15) is 8.78 Å². The number of likely N-dealkylation sites (N-methyl/N-ethyl adjacent to an activating group) is 1. The molecule has 0 unspecified atom stereocenters. The minimum Gasteiger partial charge on any atom is -0.293 e. The van der Waals surface area contributed by atoms with Gasteiger partial charge in [0, 0.05) is 12.1 Å². The summed E-state index contributed by atoms with van der Waals surface area (Å²) >= 11 is 0. The highest BCUT2D eigenvalue weighted by Gasteiger charge is 2.39. The minimum atomic E-state index is -2.69. The standard InChI is InChI=1S/C11H13F2N/c1-2-14-7-9-5-3-4-6-10(9)11(12,13)8-14/h3-6H,2,7-8H2,1H3. The molecule has 0 amide bonds. The zero-order chi connectivity index (χ0) is 10.2. The number of halogens is 2. The van der Waals surface area contributed by atoms with E-state index in [4.69, 9.17) is 0 Å². The van der Waals surface area contributed by atoms with E-state index >= 15 is 0 Å². The lowest BCUT2D eigenvalue weighted by atomic mass is 9.97. The van der Waals surface area contributed by atoms with Crippen LogP contribution in [0.3, 0.4) is 0 Å². The average molecular weight is 197 g/mol. The molecule has 0 atom stereocenters. The summed E-state index contributed by atoms with van der Waals surface area (Å²) in [7, 11) is 0. The van der Waals surface area contributed by atoms with E-state index in [0.29, 0.717) is 13.1 Å². The van der Waals surface area contributed by atoms with Gasteiger partial charge >= 0.3 is 0 Å². The van der Waals surface area contributed by atoms with Crippen molar-refractivity contribution in [3.63, 3.8) is 0 Å². The van der Waals surface area contributed by atoms with E-state index in [1.165, 1.54) is 6.07 Å². The van der Waals surface area contributed by atoms with Gasteiger partial charge in [-0.15, -0.1) is 0 Å². The molecule has 1 aliphatic heterocycles. The number of benzene rings is 1. The molecule has 0 spiro atoms. The van der Waals surface area contributed by atoms with Gasteiger partial charge in [0.1, 0.15) is 0 Å². The summed E-state index contributed by atoms with van der Waals surface area (Å²) in [5, 5.41) is 0. The Morgan fingerprint density at radius 3 is 2.79 bits per heavy atom. The summed E-state index contributed by atoms with van der Waals surface area (Å²) in [6.45, 7) is 3.07. The van der Waals surface area contributed by atoms with Crippen molar-refractivity contribution < 1.29 is 8.78 Å². The third-order valence-electron chi connectivity index (χ3n) is 2.67. The third-order valence-corrected chi connectivity index (χ3v) is 2.67. The summed E-state index contributed by atoms with van der Waals surface area (Å²) in [4.78, 5) is 1.77. The minimum absolute atomic E-state index is 0.152. The van der Waals surface area contributed by atoms with Crippen LogP contribution >= 0.6 is 0 Å². The Morgan fingerprint density at radius 1 is 1.36 bits per heavy atom. The number of nitrogens with zero attached hydrogens (tertiary/aromatic N) is 1. The van der Waals surface area contributed by atoms with Crippen molar-refractivity contribution in [2.75, 3.05) is 13.1 Å². The number of alkyl halides is 2. The van der Waals surface area contributed by atoms with Crippen LogP contribution in [-0.2, 0) is 12.5 Å². The van der Waals surface area contributed by atoms with Crippen LogP contribution < -0.4 is 0 Å². The van der Waals surface area contributed by atoms with Crippen molar-refractivity contribution >= 4 is 0 Å². The summed E-state index contributed by atoms with van der Waals surface area (Å²) in [5.74, 6) is -2.69. The fourth-order valence-corrected chi connectivity index (χ4v) is 1.90. The second kappa shape index (κ2) is 3.31. The van der Waals surface area contributed by atoms with Gasteiger partial charge in [-0.05, 0) is 12.1 Å². The van der Waals surface area contributed by atoms with E-state index in [1.807, 2.05) is 13.0 Å².